The zero-order valence-corrected chi connectivity index (χ0v) is 10.1. The van der Waals surface area contributed by atoms with Gasteiger partial charge in [0.1, 0.15) is 0 Å². The maximum atomic E-state index is 9.49. The second-order valence-electron chi connectivity index (χ2n) is 4.80. The number of rotatable bonds is 5. The topological polar surface area (TPSA) is 44.7 Å². The van der Waals surface area contributed by atoms with Gasteiger partial charge in [-0.05, 0) is 33.9 Å². The van der Waals surface area contributed by atoms with Gasteiger partial charge in [0, 0.05) is 25.2 Å². The SMILES string of the molecule is CC1CC(CO)(NCCN(C)C)CCO1. The molecule has 1 rings (SSSR count). The van der Waals surface area contributed by atoms with Crippen molar-refractivity contribution < 1.29 is 9.84 Å². The number of hydrogen-bond acceptors (Lipinski definition) is 4. The van der Waals surface area contributed by atoms with Gasteiger partial charge in [0.2, 0.25) is 0 Å². The molecule has 2 unspecified atom stereocenters. The normalized spacial score (nSPS) is 32.2. The third-order valence-corrected chi connectivity index (χ3v) is 3.02. The van der Waals surface area contributed by atoms with Crippen molar-refractivity contribution in [1.82, 2.24) is 10.2 Å². The maximum absolute atomic E-state index is 9.49. The van der Waals surface area contributed by atoms with E-state index < -0.39 is 0 Å². The smallest absolute Gasteiger partial charge is 0.0615 e. The second-order valence-corrected chi connectivity index (χ2v) is 4.80. The fourth-order valence-electron chi connectivity index (χ4n) is 2.07. The molecule has 0 aromatic carbocycles. The first-order valence-electron chi connectivity index (χ1n) is 5.70. The Kier molecular flexibility index (Phi) is 4.99. The van der Waals surface area contributed by atoms with Crippen molar-refractivity contribution in [2.75, 3.05) is 40.4 Å². The van der Waals surface area contributed by atoms with Gasteiger partial charge < -0.3 is 20.1 Å². The van der Waals surface area contributed by atoms with Crippen molar-refractivity contribution in [2.45, 2.75) is 31.4 Å². The maximum Gasteiger partial charge on any atom is 0.0615 e. The number of likely N-dealkylation sites (N-methyl/N-ethyl adjacent to an activating group) is 1. The molecule has 0 aromatic rings. The second kappa shape index (κ2) is 5.80. The molecular weight excluding hydrogens is 192 g/mol. The minimum absolute atomic E-state index is 0.117. The van der Waals surface area contributed by atoms with Crippen LogP contribution in [-0.2, 0) is 4.74 Å². The summed E-state index contributed by atoms with van der Waals surface area (Å²) in [5.41, 5.74) is -0.117. The molecule has 1 aliphatic heterocycles. The van der Waals surface area contributed by atoms with Crippen LogP contribution in [0.2, 0.25) is 0 Å². The van der Waals surface area contributed by atoms with E-state index in [2.05, 4.69) is 31.2 Å². The summed E-state index contributed by atoms with van der Waals surface area (Å²) in [7, 11) is 4.11. The van der Waals surface area contributed by atoms with Gasteiger partial charge in [-0.3, -0.25) is 0 Å². The Morgan fingerprint density at radius 2 is 2.27 bits per heavy atom. The monoisotopic (exact) mass is 216 g/mol. The van der Waals surface area contributed by atoms with Crippen molar-refractivity contribution in [3.05, 3.63) is 0 Å². The van der Waals surface area contributed by atoms with Gasteiger partial charge in [0.25, 0.3) is 0 Å². The van der Waals surface area contributed by atoms with E-state index >= 15 is 0 Å². The first kappa shape index (κ1) is 12.9. The molecule has 0 spiro atoms. The predicted molar refractivity (Wildman–Crippen MR) is 61.0 cm³/mol. The van der Waals surface area contributed by atoms with Crippen LogP contribution >= 0.6 is 0 Å². The summed E-state index contributed by atoms with van der Waals surface area (Å²) in [5.74, 6) is 0. The lowest BCUT2D eigenvalue weighted by Crippen LogP contribution is -2.55. The molecule has 15 heavy (non-hydrogen) atoms. The van der Waals surface area contributed by atoms with E-state index in [0.717, 1.165) is 32.5 Å². The van der Waals surface area contributed by atoms with Crippen molar-refractivity contribution in [1.29, 1.82) is 0 Å². The van der Waals surface area contributed by atoms with Crippen molar-refractivity contribution in [3.8, 4) is 0 Å². The standard InChI is InChI=1S/C11H24N2O2/c1-10-8-11(9-14,4-7-15-10)12-5-6-13(2)3/h10,12,14H,4-9H2,1-3H3. The summed E-state index contributed by atoms with van der Waals surface area (Å²) in [6.45, 7) is 4.93. The van der Waals surface area contributed by atoms with E-state index in [1.807, 2.05) is 0 Å². The average Bonchev–Trinajstić information content (AvgIpc) is 2.17. The quantitative estimate of drug-likeness (QED) is 0.682. The lowest BCUT2D eigenvalue weighted by molar-refractivity contribution is -0.0360. The van der Waals surface area contributed by atoms with Crippen molar-refractivity contribution in [2.24, 2.45) is 0 Å². The van der Waals surface area contributed by atoms with Crippen LogP contribution in [0.5, 0.6) is 0 Å². The van der Waals surface area contributed by atoms with Crippen molar-refractivity contribution >= 4 is 0 Å². The van der Waals surface area contributed by atoms with Crippen LogP contribution in [0.3, 0.4) is 0 Å². The Balaban J connectivity index is 2.38. The highest BCUT2D eigenvalue weighted by atomic mass is 16.5. The molecule has 1 saturated heterocycles. The molecule has 4 heteroatoms. The number of nitrogens with one attached hydrogen (secondary N) is 1. The van der Waals surface area contributed by atoms with Crippen LogP contribution < -0.4 is 5.32 Å². The fourth-order valence-corrected chi connectivity index (χ4v) is 2.07. The van der Waals surface area contributed by atoms with Crippen LogP contribution in [0.25, 0.3) is 0 Å². The third kappa shape index (κ3) is 4.07. The van der Waals surface area contributed by atoms with Gasteiger partial charge in [-0.2, -0.15) is 0 Å². The van der Waals surface area contributed by atoms with E-state index in [0.29, 0.717) is 0 Å². The molecule has 1 fully saturated rings. The number of aliphatic hydroxyl groups is 1. The number of hydrogen-bond donors (Lipinski definition) is 2. The number of ether oxygens (including phenoxy) is 1. The molecule has 1 heterocycles. The Labute approximate surface area is 92.6 Å². The van der Waals surface area contributed by atoms with Crippen LogP contribution in [0.1, 0.15) is 19.8 Å². The van der Waals surface area contributed by atoms with E-state index in [1.165, 1.54) is 0 Å². The van der Waals surface area contributed by atoms with Crippen LogP contribution in [0.15, 0.2) is 0 Å². The van der Waals surface area contributed by atoms with E-state index in [9.17, 15) is 5.11 Å². The summed E-state index contributed by atoms with van der Waals surface area (Å²) >= 11 is 0. The fraction of sp³-hybridized carbons (Fsp3) is 1.00. The first-order chi connectivity index (χ1) is 7.08. The lowest BCUT2D eigenvalue weighted by Gasteiger charge is -2.39. The molecule has 0 aliphatic carbocycles. The number of aliphatic hydroxyl groups excluding tert-OH is 1. The van der Waals surface area contributed by atoms with E-state index in [-0.39, 0.29) is 18.2 Å². The van der Waals surface area contributed by atoms with E-state index in [4.69, 9.17) is 4.74 Å². The number of nitrogens with zero attached hydrogens (tertiary/aromatic N) is 1. The Bertz CT molecular complexity index is 187. The molecule has 2 N–H and O–H groups in total. The zero-order chi connectivity index (χ0) is 11.3. The van der Waals surface area contributed by atoms with Gasteiger partial charge >= 0.3 is 0 Å². The Morgan fingerprint density at radius 1 is 1.53 bits per heavy atom. The molecule has 0 bridgehead atoms. The van der Waals surface area contributed by atoms with Gasteiger partial charge in [-0.1, -0.05) is 0 Å². The van der Waals surface area contributed by atoms with Crippen LogP contribution in [0.4, 0.5) is 0 Å². The summed E-state index contributed by atoms with van der Waals surface area (Å²) in [4.78, 5) is 2.14. The summed E-state index contributed by atoms with van der Waals surface area (Å²) in [6, 6.07) is 0. The minimum atomic E-state index is -0.117. The highest BCUT2D eigenvalue weighted by Gasteiger charge is 2.34. The highest BCUT2D eigenvalue weighted by Crippen LogP contribution is 2.24. The molecule has 0 saturated carbocycles. The summed E-state index contributed by atoms with van der Waals surface area (Å²) < 4.78 is 5.50. The molecule has 0 amide bonds. The highest BCUT2D eigenvalue weighted by molar-refractivity contribution is 4.92. The third-order valence-electron chi connectivity index (χ3n) is 3.02. The van der Waals surface area contributed by atoms with Gasteiger partial charge in [0.05, 0.1) is 12.7 Å². The largest absolute Gasteiger partial charge is 0.394 e. The first-order valence-corrected chi connectivity index (χ1v) is 5.70. The van der Waals surface area contributed by atoms with Gasteiger partial charge in [-0.15, -0.1) is 0 Å². The molecule has 0 radical (unpaired) electrons. The molecular formula is C11H24N2O2. The molecule has 4 nitrogen and oxygen atoms in total. The molecule has 90 valence electrons. The summed E-state index contributed by atoms with van der Waals surface area (Å²) in [5, 5.41) is 13.0. The van der Waals surface area contributed by atoms with Crippen LogP contribution in [0, 0.1) is 0 Å². The molecule has 0 aromatic heterocycles. The van der Waals surface area contributed by atoms with Crippen molar-refractivity contribution in [3.63, 3.8) is 0 Å². The average molecular weight is 216 g/mol. The van der Waals surface area contributed by atoms with E-state index in [1.54, 1.807) is 0 Å². The molecule has 1 aliphatic rings. The Morgan fingerprint density at radius 3 is 2.80 bits per heavy atom. The minimum Gasteiger partial charge on any atom is -0.394 e. The molecule has 2 atom stereocenters. The Hall–Kier alpha value is -0.160. The van der Waals surface area contributed by atoms with Crippen LogP contribution in [-0.4, -0.2) is 62.0 Å². The predicted octanol–water partition coefficient (Wildman–Crippen LogP) is 0.0676. The summed E-state index contributed by atoms with van der Waals surface area (Å²) in [6.07, 6.45) is 2.05. The lowest BCUT2D eigenvalue weighted by atomic mass is 9.88. The zero-order valence-electron chi connectivity index (χ0n) is 10.1. The van der Waals surface area contributed by atoms with Gasteiger partial charge in [0.15, 0.2) is 0 Å². The van der Waals surface area contributed by atoms with Gasteiger partial charge in [-0.25, -0.2) is 0 Å².